The summed E-state index contributed by atoms with van der Waals surface area (Å²) in [4.78, 5) is 16.3. The summed E-state index contributed by atoms with van der Waals surface area (Å²) >= 11 is 0. The van der Waals surface area contributed by atoms with Crippen LogP contribution in [0.15, 0.2) is 43.0 Å². The third-order valence-electron chi connectivity index (χ3n) is 5.01. The second-order valence-electron chi connectivity index (χ2n) is 7.10. The molecule has 3 heterocycles. The molecule has 0 saturated carbocycles. The molecule has 0 aliphatic carbocycles. The average Bonchev–Trinajstić information content (AvgIpc) is 3.32. The van der Waals surface area contributed by atoms with Gasteiger partial charge in [0, 0.05) is 25.9 Å². The standard InChI is InChI=1S/C20H25N7O/c1-15(16-3-6-18(7-4-16)27-14-22-13-23-27)24-20(28)8-5-17-11-19-12-21-9-2-10-26(19)25-17/h3-4,6-7,11,13-15,21H,2,5,8-10,12H2,1H3,(H,24,28)/t15-/m1/s1. The van der Waals surface area contributed by atoms with E-state index in [0.29, 0.717) is 12.8 Å². The Balaban J connectivity index is 1.30. The fraction of sp³-hybridized carbons (Fsp3) is 0.400. The van der Waals surface area contributed by atoms with Crippen molar-refractivity contribution in [1.29, 1.82) is 0 Å². The monoisotopic (exact) mass is 379 g/mol. The van der Waals surface area contributed by atoms with Crippen LogP contribution in [0.5, 0.6) is 0 Å². The maximum Gasteiger partial charge on any atom is 0.220 e. The van der Waals surface area contributed by atoms with E-state index in [1.54, 1.807) is 11.0 Å². The van der Waals surface area contributed by atoms with Crippen molar-refractivity contribution in [1.82, 2.24) is 35.2 Å². The molecule has 1 aliphatic rings. The van der Waals surface area contributed by atoms with Gasteiger partial charge >= 0.3 is 0 Å². The average molecular weight is 379 g/mol. The van der Waals surface area contributed by atoms with Gasteiger partial charge in [0.1, 0.15) is 12.7 Å². The highest BCUT2D eigenvalue weighted by Crippen LogP contribution is 2.16. The molecule has 8 heteroatoms. The number of aryl methyl sites for hydroxylation is 2. The van der Waals surface area contributed by atoms with Crippen molar-refractivity contribution in [3.63, 3.8) is 0 Å². The number of amides is 1. The largest absolute Gasteiger partial charge is 0.350 e. The number of hydrogen-bond acceptors (Lipinski definition) is 5. The molecule has 0 bridgehead atoms. The molecule has 0 fully saturated rings. The summed E-state index contributed by atoms with van der Waals surface area (Å²) < 4.78 is 3.77. The zero-order chi connectivity index (χ0) is 19.3. The minimum atomic E-state index is -0.0554. The van der Waals surface area contributed by atoms with E-state index >= 15 is 0 Å². The van der Waals surface area contributed by atoms with Crippen LogP contribution in [-0.4, -0.2) is 37.0 Å². The smallest absolute Gasteiger partial charge is 0.220 e. The normalized spacial score (nSPS) is 14.9. The predicted molar refractivity (Wildman–Crippen MR) is 105 cm³/mol. The van der Waals surface area contributed by atoms with Crippen molar-refractivity contribution in [3.8, 4) is 5.69 Å². The van der Waals surface area contributed by atoms with Gasteiger partial charge in [0.05, 0.1) is 23.1 Å². The summed E-state index contributed by atoms with van der Waals surface area (Å²) in [5, 5.41) is 15.2. The van der Waals surface area contributed by atoms with Crippen LogP contribution < -0.4 is 10.6 Å². The van der Waals surface area contributed by atoms with E-state index < -0.39 is 0 Å². The highest BCUT2D eigenvalue weighted by Gasteiger charge is 2.13. The van der Waals surface area contributed by atoms with Crippen molar-refractivity contribution in [2.45, 2.75) is 45.3 Å². The maximum absolute atomic E-state index is 12.4. The molecular formula is C20H25N7O. The van der Waals surface area contributed by atoms with E-state index in [0.717, 1.165) is 43.0 Å². The van der Waals surface area contributed by atoms with Crippen LogP contribution in [0.25, 0.3) is 5.69 Å². The van der Waals surface area contributed by atoms with Gasteiger partial charge in [-0.25, -0.2) is 9.67 Å². The van der Waals surface area contributed by atoms with Crippen molar-refractivity contribution >= 4 is 5.91 Å². The summed E-state index contributed by atoms with van der Waals surface area (Å²) in [6.45, 7) is 4.81. The Bertz CT molecular complexity index is 891. The summed E-state index contributed by atoms with van der Waals surface area (Å²) in [7, 11) is 0. The molecule has 1 aliphatic heterocycles. The number of carbonyl (C=O) groups excluding carboxylic acids is 1. The Morgan fingerprint density at radius 1 is 1.32 bits per heavy atom. The molecule has 3 aromatic rings. The summed E-state index contributed by atoms with van der Waals surface area (Å²) in [6.07, 6.45) is 5.34. The lowest BCUT2D eigenvalue weighted by Gasteiger charge is -2.14. The Hall–Kier alpha value is -3.00. The van der Waals surface area contributed by atoms with E-state index in [1.807, 2.05) is 31.2 Å². The van der Waals surface area contributed by atoms with Crippen molar-refractivity contribution < 1.29 is 4.79 Å². The van der Waals surface area contributed by atoms with Crippen LogP contribution in [-0.2, 0) is 24.3 Å². The van der Waals surface area contributed by atoms with Gasteiger partial charge in [-0.3, -0.25) is 9.48 Å². The van der Waals surface area contributed by atoms with Crippen molar-refractivity contribution in [2.75, 3.05) is 6.54 Å². The lowest BCUT2D eigenvalue weighted by Crippen LogP contribution is -2.26. The lowest BCUT2D eigenvalue weighted by atomic mass is 10.1. The Morgan fingerprint density at radius 2 is 2.18 bits per heavy atom. The molecule has 8 nitrogen and oxygen atoms in total. The first-order valence-corrected chi connectivity index (χ1v) is 9.70. The summed E-state index contributed by atoms with van der Waals surface area (Å²) in [5.41, 5.74) is 4.18. The number of nitrogens with zero attached hydrogens (tertiary/aromatic N) is 5. The molecular weight excluding hydrogens is 354 g/mol. The predicted octanol–water partition coefficient (Wildman–Crippen LogP) is 1.77. The van der Waals surface area contributed by atoms with E-state index in [1.165, 1.54) is 12.0 Å². The fourth-order valence-electron chi connectivity index (χ4n) is 3.44. The van der Waals surface area contributed by atoms with Crippen LogP contribution in [0.4, 0.5) is 0 Å². The zero-order valence-electron chi connectivity index (χ0n) is 16.0. The molecule has 0 saturated heterocycles. The van der Waals surface area contributed by atoms with Crippen LogP contribution >= 0.6 is 0 Å². The van der Waals surface area contributed by atoms with Gasteiger partial charge in [-0.05, 0) is 43.7 Å². The lowest BCUT2D eigenvalue weighted by molar-refractivity contribution is -0.121. The molecule has 1 atom stereocenters. The molecule has 1 aromatic carbocycles. The number of aromatic nitrogens is 5. The van der Waals surface area contributed by atoms with Crippen LogP contribution in [0.2, 0.25) is 0 Å². The minimum absolute atomic E-state index is 0.0363. The van der Waals surface area contributed by atoms with Gasteiger partial charge in [-0.2, -0.15) is 10.2 Å². The van der Waals surface area contributed by atoms with Crippen LogP contribution in [0, 0.1) is 0 Å². The Labute approximate surface area is 164 Å². The molecule has 1 amide bonds. The number of fused-ring (bicyclic) bond motifs is 1. The van der Waals surface area contributed by atoms with Gasteiger partial charge in [-0.15, -0.1) is 0 Å². The number of nitrogens with one attached hydrogen (secondary N) is 2. The molecule has 2 aromatic heterocycles. The van der Waals surface area contributed by atoms with Crippen molar-refractivity contribution in [2.24, 2.45) is 0 Å². The Kier molecular flexibility index (Phi) is 5.48. The van der Waals surface area contributed by atoms with Gasteiger partial charge in [0.2, 0.25) is 5.91 Å². The minimum Gasteiger partial charge on any atom is -0.350 e. The molecule has 0 radical (unpaired) electrons. The van der Waals surface area contributed by atoms with Gasteiger partial charge < -0.3 is 10.6 Å². The van der Waals surface area contributed by atoms with E-state index in [-0.39, 0.29) is 11.9 Å². The summed E-state index contributed by atoms with van der Waals surface area (Å²) in [6, 6.07) is 10.00. The number of carbonyl (C=O) groups is 1. The van der Waals surface area contributed by atoms with Crippen LogP contribution in [0.1, 0.15) is 42.8 Å². The fourth-order valence-corrected chi connectivity index (χ4v) is 3.44. The van der Waals surface area contributed by atoms with Crippen LogP contribution in [0.3, 0.4) is 0 Å². The third kappa shape index (κ3) is 4.28. The number of benzene rings is 1. The third-order valence-corrected chi connectivity index (χ3v) is 5.01. The van der Waals surface area contributed by atoms with Crippen molar-refractivity contribution in [3.05, 3.63) is 59.9 Å². The molecule has 28 heavy (non-hydrogen) atoms. The van der Waals surface area contributed by atoms with Gasteiger partial charge in [0.25, 0.3) is 0 Å². The van der Waals surface area contributed by atoms with Gasteiger partial charge in [0.15, 0.2) is 0 Å². The SMILES string of the molecule is C[C@@H](NC(=O)CCc1cc2n(n1)CCCNC2)c1ccc(-n2cncn2)cc1. The quantitative estimate of drug-likeness (QED) is 0.681. The zero-order valence-corrected chi connectivity index (χ0v) is 16.0. The molecule has 146 valence electrons. The molecule has 0 unspecified atom stereocenters. The highest BCUT2D eigenvalue weighted by atomic mass is 16.1. The maximum atomic E-state index is 12.4. The molecule has 2 N–H and O–H groups in total. The molecule has 0 spiro atoms. The second-order valence-corrected chi connectivity index (χ2v) is 7.10. The van der Waals surface area contributed by atoms with E-state index in [2.05, 4.69) is 36.6 Å². The Morgan fingerprint density at radius 3 is 2.96 bits per heavy atom. The van der Waals surface area contributed by atoms with E-state index in [4.69, 9.17) is 0 Å². The number of hydrogen-bond donors (Lipinski definition) is 2. The highest BCUT2D eigenvalue weighted by molar-refractivity contribution is 5.76. The first kappa shape index (κ1) is 18.4. The molecule has 4 rings (SSSR count). The summed E-state index contributed by atoms with van der Waals surface area (Å²) in [5.74, 6) is 0.0363. The van der Waals surface area contributed by atoms with Gasteiger partial charge in [-0.1, -0.05) is 12.1 Å². The topological polar surface area (TPSA) is 89.7 Å². The first-order chi connectivity index (χ1) is 13.7. The van der Waals surface area contributed by atoms with E-state index in [9.17, 15) is 4.79 Å². The number of rotatable bonds is 6. The second kappa shape index (κ2) is 8.35. The first-order valence-electron chi connectivity index (χ1n) is 9.70.